The number of methoxy groups -OCH3 is 1. The first-order chi connectivity index (χ1) is 10.5. The van der Waals surface area contributed by atoms with Crippen LogP contribution < -0.4 is 14.8 Å². The Hall–Kier alpha value is -2.48. The molecule has 120 valence electrons. The summed E-state index contributed by atoms with van der Waals surface area (Å²) in [5, 5.41) is 3.54. The summed E-state index contributed by atoms with van der Waals surface area (Å²) < 4.78 is 15.1. The quantitative estimate of drug-likeness (QED) is 0.806. The highest BCUT2D eigenvalue weighted by molar-refractivity contribution is 5.85. The van der Waals surface area contributed by atoms with Gasteiger partial charge in [0.25, 0.3) is 5.91 Å². The van der Waals surface area contributed by atoms with Crippen LogP contribution in [0.4, 0.5) is 4.79 Å². The molecule has 0 saturated heterocycles. The number of carbonyl (C=O) groups excluding carboxylic acids is 2. The predicted octanol–water partition coefficient (Wildman–Crippen LogP) is 0.702. The molecule has 0 aromatic heterocycles. The van der Waals surface area contributed by atoms with Crippen LogP contribution in [-0.4, -0.2) is 51.2 Å². The number of benzene rings is 1. The van der Waals surface area contributed by atoms with Gasteiger partial charge in [-0.05, 0) is 17.7 Å². The fourth-order valence-corrected chi connectivity index (χ4v) is 2.01. The maximum Gasteiger partial charge on any atom is 0.407 e. The van der Waals surface area contributed by atoms with Crippen LogP contribution in [0.2, 0.25) is 0 Å². The van der Waals surface area contributed by atoms with Gasteiger partial charge < -0.3 is 19.5 Å². The highest BCUT2D eigenvalue weighted by Crippen LogP contribution is 2.32. The lowest BCUT2D eigenvalue weighted by molar-refractivity contribution is -0.170. The van der Waals surface area contributed by atoms with Gasteiger partial charge >= 0.3 is 6.09 Å². The lowest BCUT2D eigenvalue weighted by Crippen LogP contribution is -2.48. The number of rotatable bonds is 5. The van der Waals surface area contributed by atoms with E-state index < -0.39 is 18.0 Å². The van der Waals surface area contributed by atoms with Crippen molar-refractivity contribution in [2.24, 2.45) is 0 Å². The van der Waals surface area contributed by atoms with Crippen molar-refractivity contribution in [3.63, 3.8) is 0 Å². The van der Waals surface area contributed by atoms with Crippen LogP contribution in [0.3, 0.4) is 0 Å². The van der Waals surface area contributed by atoms with Crippen LogP contribution in [0.1, 0.15) is 5.56 Å². The number of carbonyl (C=O) groups is 2. The van der Waals surface area contributed by atoms with Crippen LogP contribution in [0.25, 0.3) is 0 Å². The van der Waals surface area contributed by atoms with Gasteiger partial charge in [-0.2, -0.15) is 0 Å². The first-order valence-electron chi connectivity index (χ1n) is 6.60. The number of likely N-dealkylation sites (N-methyl/N-ethyl adjacent to an activating group) is 1. The Kier molecular flexibility index (Phi) is 5.05. The van der Waals surface area contributed by atoms with Crippen LogP contribution in [0.15, 0.2) is 18.2 Å². The molecule has 0 fully saturated rings. The van der Waals surface area contributed by atoms with Crippen LogP contribution in [0, 0.1) is 0 Å². The topological polar surface area (TPSA) is 86.3 Å². The summed E-state index contributed by atoms with van der Waals surface area (Å²) in [5.74, 6) is 0.869. The Balaban J connectivity index is 2.14. The van der Waals surface area contributed by atoms with E-state index in [0.717, 1.165) is 10.6 Å². The molecular weight excluding hydrogens is 292 g/mol. The molecule has 0 bridgehead atoms. The molecule has 0 radical (unpaired) electrons. The molecule has 1 N–H and O–H groups in total. The zero-order chi connectivity index (χ0) is 16.1. The zero-order valence-electron chi connectivity index (χ0n) is 12.6. The molecular formula is C14H18N2O6. The molecule has 0 spiro atoms. The van der Waals surface area contributed by atoms with E-state index in [1.54, 1.807) is 18.2 Å². The monoisotopic (exact) mass is 310 g/mol. The number of hydrogen-bond acceptors (Lipinski definition) is 6. The second-order valence-corrected chi connectivity index (χ2v) is 4.60. The first-order valence-corrected chi connectivity index (χ1v) is 6.60. The summed E-state index contributed by atoms with van der Waals surface area (Å²) in [6.45, 7) is 0.175. The zero-order valence-corrected chi connectivity index (χ0v) is 12.6. The minimum atomic E-state index is -0.822. The molecule has 2 amide bonds. The number of fused-ring (bicyclic) bond motifs is 1. The Bertz CT molecular complexity index is 562. The molecule has 2 rings (SSSR count). The number of hydrogen-bond donors (Lipinski definition) is 1. The van der Waals surface area contributed by atoms with Crippen molar-refractivity contribution in [1.82, 2.24) is 10.4 Å². The smallest absolute Gasteiger partial charge is 0.407 e. The summed E-state index contributed by atoms with van der Waals surface area (Å²) in [6.07, 6.45) is -0.429. The second kappa shape index (κ2) is 6.99. The molecule has 1 aromatic carbocycles. The van der Waals surface area contributed by atoms with Gasteiger partial charge in [0.05, 0.1) is 14.2 Å². The van der Waals surface area contributed by atoms with Crippen LogP contribution in [0.5, 0.6) is 11.5 Å². The van der Waals surface area contributed by atoms with Crippen LogP contribution >= 0.6 is 0 Å². The average molecular weight is 310 g/mol. The number of alkyl carbamates (subject to hydrolysis) is 1. The summed E-state index contributed by atoms with van der Waals surface area (Å²) in [7, 11) is 4.07. The molecule has 0 saturated carbocycles. The molecule has 1 heterocycles. The maximum atomic E-state index is 12.2. The number of hydroxylamine groups is 2. The Labute approximate surface area is 127 Å². The minimum absolute atomic E-state index is 0.175. The largest absolute Gasteiger partial charge is 0.454 e. The van der Waals surface area contributed by atoms with E-state index in [0.29, 0.717) is 11.5 Å². The minimum Gasteiger partial charge on any atom is -0.454 e. The van der Waals surface area contributed by atoms with E-state index in [1.807, 2.05) is 0 Å². The van der Waals surface area contributed by atoms with Crippen molar-refractivity contribution in [2.45, 2.75) is 12.5 Å². The van der Waals surface area contributed by atoms with Gasteiger partial charge in [-0.3, -0.25) is 9.63 Å². The maximum absolute atomic E-state index is 12.2. The highest BCUT2D eigenvalue weighted by Gasteiger charge is 2.26. The fourth-order valence-electron chi connectivity index (χ4n) is 2.01. The van der Waals surface area contributed by atoms with Crippen molar-refractivity contribution in [3.05, 3.63) is 23.8 Å². The fraction of sp³-hybridized carbons (Fsp3) is 0.429. The van der Waals surface area contributed by atoms with Crippen molar-refractivity contribution in [2.75, 3.05) is 28.1 Å². The van der Waals surface area contributed by atoms with Gasteiger partial charge in [-0.25, -0.2) is 9.86 Å². The summed E-state index contributed by atoms with van der Waals surface area (Å²) in [5.41, 5.74) is 0.809. The molecule has 1 atom stereocenters. The van der Waals surface area contributed by atoms with Crippen LogP contribution in [-0.2, 0) is 20.8 Å². The molecule has 8 nitrogen and oxygen atoms in total. The Morgan fingerprint density at radius 1 is 1.32 bits per heavy atom. The molecule has 1 aromatic rings. The normalized spacial score (nSPS) is 13.4. The summed E-state index contributed by atoms with van der Waals surface area (Å²) >= 11 is 0. The third-order valence-electron chi connectivity index (χ3n) is 3.24. The Morgan fingerprint density at radius 2 is 2.05 bits per heavy atom. The van der Waals surface area contributed by atoms with E-state index >= 15 is 0 Å². The summed E-state index contributed by atoms with van der Waals surface area (Å²) in [4.78, 5) is 28.5. The SMILES string of the molecule is COC(=O)N[C@@H](Cc1ccc2c(c1)OCO2)C(=O)N(C)OC. The molecule has 1 aliphatic heterocycles. The number of ether oxygens (including phenoxy) is 3. The third-order valence-corrected chi connectivity index (χ3v) is 3.24. The number of nitrogens with zero attached hydrogens (tertiary/aromatic N) is 1. The van der Waals surface area contributed by atoms with Crippen molar-refractivity contribution >= 4 is 12.0 Å². The van der Waals surface area contributed by atoms with E-state index in [4.69, 9.17) is 14.3 Å². The highest BCUT2D eigenvalue weighted by atomic mass is 16.7. The van der Waals surface area contributed by atoms with E-state index in [2.05, 4.69) is 10.1 Å². The predicted molar refractivity (Wildman–Crippen MR) is 75.4 cm³/mol. The molecule has 1 aliphatic rings. The summed E-state index contributed by atoms with van der Waals surface area (Å²) in [6, 6.07) is 4.52. The third kappa shape index (κ3) is 3.59. The van der Waals surface area contributed by atoms with Gasteiger partial charge in [0.1, 0.15) is 6.04 Å². The van der Waals surface area contributed by atoms with E-state index in [1.165, 1.54) is 21.3 Å². The van der Waals surface area contributed by atoms with Gasteiger partial charge in [-0.1, -0.05) is 6.07 Å². The van der Waals surface area contributed by atoms with Gasteiger partial charge in [0.15, 0.2) is 11.5 Å². The molecule has 22 heavy (non-hydrogen) atoms. The van der Waals surface area contributed by atoms with E-state index in [9.17, 15) is 9.59 Å². The molecule has 0 unspecified atom stereocenters. The van der Waals surface area contributed by atoms with Gasteiger partial charge in [0.2, 0.25) is 6.79 Å². The standard InChI is InChI=1S/C14H18N2O6/c1-16(20-3)13(17)10(15-14(18)19-2)6-9-4-5-11-12(7-9)22-8-21-11/h4-5,7,10H,6,8H2,1-3H3,(H,15,18)/t10-/m0/s1. The lowest BCUT2D eigenvalue weighted by Gasteiger charge is -2.22. The molecule has 0 aliphatic carbocycles. The van der Waals surface area contributed by atoms with Crippen molar-refractivity contribution in [1.29, 1.82) is 0 Å². The lowest BCUT2D eigenvalue weighted by atomic mass is 10.0. The van der Waals surface area contributed by atoms with Gasteiger partial charge in [0, 0.05) is 13.5 Å². The van der Waals surface area contributed by atoms with E-state index in [-0.39, 0.29) is 13.2 Å². The number of nitrogens with one attached hydrogen (secondary N) is 1. The number of amides is 2. The second-order valence-electron chi connectivity index (χ2n) is 4.60. The van der Waals surface area contributed by atoms with Crippen molar-refractivity contribution < 1.29 is 28.6 Å². The molecule has 8 heteroatoms. The Morgan fingerprint density at radius 3 is 2.73 bits per heavy atom. The first kappa shape index (κ1) is 15.9. The van der Waals surface area contributed by atoms with Gasteiger partial charge in [-0.15, -0.1) is 0 Å². The van der Waals surface area contributed by atoms with Crippen molar-refractivity contribution in [3.8, 4) is 11.5 Å². The average Bonchev–Trinajstić information content (AvgIpc) is 3.00.